The van der Waals surface area contributed by atoms with Gasteiger partial charge < -0.3 is 5.32 Å². The molecule has 0 amide bonds. The van der Waals surface area contributed by atoms with Crippen LogP contribution in [0.5, 0.6) is 0 Å². The lowest BCUT2D eigenvalue weighted by molar-refractivity contribution is -0.140. The molecule has 0 aliphatic rings. The van der Waals surface area contributed by atoms with Crippen molar-refractivity contribution in [3.05, 3.63) is 35.9 Å². The Morgan fingerprint density at radius 1 is 1.14 bits per heavy atom. The van der Waals surface area contributed by atoms with Gasteiger partial charge in [0.1, 0.15) is 0 Å². The maximum Gasteiger partial charge on any atom is 0.390 e. The van der Waals surface area contributed by atoms with Gasteiger partial charge in [0.05, 0.1) is 12.7 Å². The summed E-state index contributed by atoms with van der Waals surface area (Å²) < 4.78 is 61.8. The van der Waals surface area contributed by atoms with E-state index in [0.29, 0.717) is 12.0 Å². The van der Waals surface area contributed by atoms with Crippen LogP contribution in [0.3, 0.4) is 0 Å². The monoisotopic (exact) mass is 324 g/mol. The summed E-state index contributed by atoms with van der Waals surface area (Å²) in [7, 11) is -3.26. The fourth-order valence-corrected chi connectivity index (χ4v) is 2.36. The largest absolute Gasteiger partial charge is 0.390 e. The molecule has 4 nitrogen and oxygen atoms in total. The molecule has 0 fully saturated rings. The van der Waals surface area contributed by atoms with Crippen molar-refractivity contribution < 1.29 is 21.6 Å². The second-order valence-corrected chi connectivity index (χ2v) is 6.59. The van der Waals surface area contributed by atoms with Crippen LogP contribution < -0.4 is 10.0 Å². The van der Waals surface area contributed by atoms with Gasteiger partial charge in [-0.05, 0) is 18.5 Å². The van der Waals surface area contributed by atoms with Gasteiger partial charge in [-0.15, -0.1) is 0 Å². The number of benzene rings is 1. The Labute approximate surface area is 122 Å². The van der Waals surface area contributed by atoms with Gasteiger partial charge >= 0.3 is 6.18 Å². The standard InChI is InChI=1S/C13H19F3N2O2S/c1-21(19,20)18-9-5-8-17-12(10-13(14,15)16)11-6-3-2-4-7-11/h2-4,6-7,12,17-18H,5,8-10H2,1H3. The molecule has 0 aliphatic heterocycles. The molecule has 1 unspecified atom stereocenters. The molecule has 0 spiro atoms. The molecule has 0 saturated heterocycles. The first-order chi connectivity index (χ1) is 9.67. The molecule has 1 rings (SSSR count). The molecule has 1 aromatic rings. The highest BCUT2D eigenvalue weighted by Gasteiger charge is 2.32. The van der Waals surface area contributed by atoms with Crippen LogP contribution >= 0.6 is 0 Å². The SMILES string of the molecule is CS(=O)(=O)NCCCNC(CC(F)(F)F)c1ccccc1. The number of rotatable bonds is 8. The van der Waals surface area contributed by atoms with Crippen LogP contribution in [-0.4, -0.2) is 33.9 Å². The number of hydrogen-bond donors (Lipinski definition) is 2. The number of halogens is 3. The summed E-state index contributed by atoms with van der Waals surface area (Å²) in [6.07, 6.45) is -3.78. The molecule has 21 heavy (non-hydrogen) atoms. The van der Waals surface area contributed by atoms with Crippen molar-refractivity contribution in [2.24, 2.45) is 0 Å². The Balaban J connectivity index is 2.51. The molecule has 0 aromatic heterocycles. The van der Waals surface area contributed by atoms with Crippen molar-refractivity contribution in [1.29, 1.82) is 0 Å². The van der Waals surface area contributed by atoms with Crippen molar-refractivity contribution in [1.82, 2.24) is 10.0 Å². The van der Waals surface area contributed by atoms with E-state index in [2.05, 4.69) is 10.0 Å². The molecule has 8 heteroatoms. The molecular formula is C13H19F3N2O2S. The third kappa shape index (κ3) is 8.69. The molecule has 2 N–H and O–H groups in total. The van der Waals surface area contributed by atoms with Crippen molar-refractivity contribution in [3.63, 3.8) is 0 Å². The Morgan fingerprint density at radius 2 is 1.76 bits per heavy atom. The van der Waals surface area contributed by atoms with E-state index in [9.17, 15) is 21.6 Å². The molecule has 0 aliphatic carbocycles. The van der Waals surface area contributed by atoms with Crippen LogP contribution in [0.25, 0.3) is 0 Å². The minimum atomic E-state index is -4.27. The second-order valence-electron chi connectivity index (χ2n) is 4.76. The van der Waals surface area contributed by atoms with Gasteiger partial charge in [-0.2, -0.15) is 13.2 Å². The van der Waals surface area contributed by atoms with Gasteiger partial charge in [-0.25, -0.2) is 13.1 Å². The Hall–Kier alpha value is -1.12. The molecule has 1 atom stereocenters. The first-order valence-electron chi connectivity index (χ1n) is 6.47. The lowest BCUT2D eigenvalue weighted by Gasteiger charge is -2.20. The van der Waals surface area contributed by atoms with Crippen molar-refractivity contribution in [2.45, 2.75) is 25.1 Å². The van der Waals surface area contributed by atoms with Gasteiger partial charge in [0.2, 0.25) is 10.0 Å². The zero-order valence-corrected chi connectivity index (χ0v) is 12.5. The molecule has 1 aromatic carbocycles. The Kier molecular flexibility index (Phi) is 6.63. The van der Waals surface area contributed by atoms with E-state index in [1.54, 1.807) is 30.3 Å². The molecule has 0 bridgehead atoms. The van der Waals surface area contributed by atoms with Crippen molar-refractivity contribution in [2.75, 3.05) is 19.3 Å². The van der Waals surface area contributed by atoms with Gasteiger partial charge in [0.25, 0.3) is 0 Å². The highest BCUT2D eigenvalue weighted by Crippen LogP contribution is 2.29. The third-order valence-electron chi connectivity index (χ3n) is 2.75. The highest BCUT2D eigenvalue weighted by atomic mass is 32.2. The van der Waals surface area contributed by atoms with E-state index < -0.39 is 28.7 Å². The van der Waals surface area contributed by atoms with Crippen LogP contribution in [0.15, 0.2) is 30.3 Å². The van der Waals surface area contributed by atoms with E-state index in [1.807, 2.05) is 0 Å². The summed E-state index contributed by atoms with van der Waals surface area (Å²) in [4.78, 5) is 0. The number of hydrogen-bond acceptors (Lipinski definition) is 3. The number of alkyl halides is 3. The first kappa shape index (κ1) is 17.9. The topological polar surface area (TPSA) is 58.2 Å². The maximum absolute atomic E-state index is 12.6. The van der Waals surface area contributed by atoms with Crippen LogP contribution in [0.2, 0.25) is 0 Å². The lowest BCUT2D eigenvalue weighted by Crippen LogP contribution is -2.30. The summed E-state index contributed by atoms with van der Waals surface area (Å²) in [5.74, 6) is 0. The Morgan fingerprint density at radius 3 is 2.29 bits per heavy atom. The highest BCUT2D eigenvalue weighted by molar-refractivity contribution is 7.88. The normalized spacial score (nSPS) is 14.1. The van der Waals surface area contributed by atoms with E-state index >= 15 is 0 Å². The van der Waals surface area contributed by atoms with Gasteiger partial charge in [-0.1, -0.05) is 30.3 Å². The first-order valence-corrected chi connectivity index (χ1v) is 8.36. The van der Waals surface area contributed by atoms with E-state index in [1.165, 1.54) is 0 Å². The number of sulfonamides is 1. The molecule has 0 saturated carbocycles. The summed E-state index contributed by atoms with van der Waals surface area (Å²) in [5, 5.41) is 2.82. The van der Waals surface area contributed by atoms with E-state index in [-0.39, 0.29) is 13.1 Å². The molecular weight excluding hydrogens is 305 g/mol. The molecule has 0 heterocycles. The van der Waals surface area contributed by atoms with Gasteiger partial charge in [-0.3, -0.25) is 0 Å². The van der Waals surface area contributed by atoms with Crippen LogP contribution in [0, 0.1) is 0 Å². The van der Waals surface area contributed by atoms with Crippen LogP contribution in [-0.2, 0) is 10.0 Å². The zero-order valence-electron chi connectivity index (χ0n) is 11.7. The minimum Gasteiger partial charge on any atom is -0.310 e. The molecule has 120 valence electrons. The quantitative estimate of drug-likeness (QED) is 0.721. The summed E-state index contributed by atoms with van der Waals surface area (Å²) in [5.41, 5.74) is 0.561. The summed E-state index contributed by atoms with van der Waals surface area (Å²) in [6, 6.07) is 7.56. The minimum absolute atomic E-state index is 0.194. The van der Waals surface area contributed by atoms with E-state index in [4.69, 9.17) is 0 Å². The average Bonchev–Trinajstić information content (AvgIpc) is 2.35. The predicted molar refractivity (Wildman–Crippen MR) is 75.3 cm³/mol. The Bertz CT molecular complexity index is 518. The smallest absolute Gasteiger partial charge is 0.310 e. The fraction of sp³-hybridized carbons (Fsp3) is 0.538. The average molecular weight is 324 g/mol. The summed E-state index contributed by atoms with van der Waals surface area (Å²) in [6.45, 7) is 0.484. The van der Waals surface area contributed by atoms with Crippen molar-refractivity contribution in [3.8, 4) is 0 Å². The zero-order chi connectivity index (χ0) is 15.9. The van der Waals surface area contributed by atoms with Crippen LogP contribution in [0.1, 0.15) is 24.4 Å². The predicted octanol–water partition coefficient (Wildman–Crippen LogP) is 2.21. The van der Waals surface area contributed by atoms with Gasteiger partial charge in [0, 0.05) is 12.6 Å². The third-order valence-corrected chi connectivity index (χ3v) is 3.47. The van der Waals surface area contributed by atoms with Crippen LogP contribution in [0.4, 0.5) is 13.2 Å². The lowest BCUT2D eigenvalue weighted by atomic mass is 10.0. The molecule has 0 radical (unpaired) electrons. The maximum atomic E-state index is 12.6. The fourth-order valence-electron chi connectivity index (χ4n) is 1.85. The van der Waals surface area contributed by atoms with Gasteiger partial charge in [0.15, 0.2) is 0 Å². The van der Waals surface area contributed by atoms with E-state index in [0.717, 1.165) is 6.26 Å². The summed E-state index contributed by atoms with van der Waals surface area (Å²) >= 11 is 0. The second kappa shape index (κ2) is 7.77. The van der Waals surface area contributed by atoms with Crippen molar-refractivity contribution >= 4 is 10.0 Å². The number of nitrogens with one attached hydrogen (secondary N) is 2.